The number of benzene rings is 1. The number of nitrogens with zero attached hydrogens (tertiary/aromatic N) is 4. The van der Waals surface area contributed by atoms with Crippen molar-refractivity contribution in [2.75, 3.05) is 37.3 Å². The summed E-state index contributed by atoms with van der Waals surface area (Å²) in [6.45, 7) is 7.29. The van der Waals surface area contributed by atoms with Crippen molar-refractivity contribution >= 4 is 17.4 Å². The maximum Gasteiger partial charge on any atom is 0.103 e. The molecule has 1 fully saturated rings. The first-order valence-electron chi connectivity index (χ1n) is 7.02. The molecule has 110 valence electrons. The van der Waals surface area contributed by atoms with Crippen molar-refractivity contribution in [3.05, 3.63) is 23.8 Å². The molecule has 0 aliphatic carbocycles. The van der Waals surface area contributed by atoms with Crippen LogP contribution in [0.25, 0.3) is 0 Å². The third-order valence-electron chi connectivity index (χ3n) is 4.02. The fraction of sp³-hybridized carbons (Fsp3) is 0.500. The zero-order valence-corrected chi connectivity index (χ0v) is 13.6. The molecule has 0 spiro atoms. The maximum atomic E-state index is 9.44. The normalized spacial score (nSPS) is 16.3. The van der Waals surface area contributed by atoms with Gasteiger partial charge in [0.15, 0.2) is 0 Å². The summed E-state index contributed by atoms with van der Waals surface area (Å²) in [6, 6.07) is 10.7. The summed E-state index contributed by atoms with van der Waals surface area (Å²) < 4.78 is 0. The molecule has 0 unspecified atom stereocenters. The van der Waals surface area contributed by atoms with Gasteiger partial charge in [0.2, 0.25) is 0 Å². The predicted molar refractivity (Wildman–Crippen MR) is 86.4 cm³/mol. The number of anilines is 1. The molecule has 1 aromatic rings. The Morgan fingerprint density at radius 2 is 1.81 bits per heavy atom. The molecule has 1 aliphatic rings. The van der Waals surface area contributed by atoms with Gasteiger partial charge in [-0.25, -0.2) is 0 Å². The van der Waals surface area contributed by atoms with Crippen LogP contribution >= 0.6 is 11.8 Å². The topological polar surface area (TPSA) is 54.1 Å². The predicted octanol–water partition coefficient (Wildman–Crippen LogP) is 2.70. The molecule has 1 aromatic carbocycles. The lowest BCUT2D eigenvalue weighted by atomic mass is 10.0. The van der Waals surface area contributed by atoms with E-state index in [1.165, 1.54) is 0 Å². The lowest BCUT2D eigenvalue weighted by Crippen LogP contribution is -2.54. The van der Waals surface area contributed by atoms with Gasteiger partial charge in [-0.05, 0) is 32.2 Å². The fourth-order valence-corrected chi connectivity index (χ4v) is 3.21. The summed E-state index contributed by atoms with van der Waals surface area (Å²) in [5, 5.41) is 18.7. The molecule has 4 nitrogen and oxygen atoms in total. The van der Waals surface area contributed by atoms with Gasteiger partial charge in [-0.15, -0.1) is 11.8 Å². The van der Waals surface area contributed by atoms with Gasteiger partial charge in [0.05, 0.1) is 17.3 Å². The number of rotatable bonds is 3. The number of piperazine rings is 1. The zero-order chi connectivity index (χ0) is 15.5. The van der Waals surface area contributed by atoms with Crippen molar-refractivity contribution in [2.45, 2.75) is 24.3 Å². The highest BCUT2D eigenvalue weighted by Gasteiger charge is 2.30. The van der Waals surface area contributed by atoms with Crippen LogP contribution in [-0.2, 0) is 0 Å². The van der Waals surface area contributed by atoms with Crippen LogP contribution in [0.2, 0.25) is 0 Å². The highest BCUT2D eigenvalue weighted by atomic mass is 32.2. The van der Waals surface area contributed by atoms with E-state index in [9.17, 15) is 10.5 Å². The van der Waals surface area contributed by atoms with Crippen molar-refractivity contribution in [1.82, 2.24) is 4.90 Å². The van der Waals surface area contributed by atoms with Crippen LogP contribution in [0, 0.1) is 22.7 Å². The van der Waals surface area contributed by atoms with Crippen molar-refractivity contribution in [3.8, 4) is 12.1 Å². The standard InChI is InChI=1S/C16H20N4S/c1-16(2,12-18)20-9-7-19(8-10-20)14-5-4-6-15(21-3)13(14)11-17/h4-6H,7-10H2,1-3H3. The number of nitriles is 2. The number of hydrogen-bond acceptors (Lipinski definition) is 5. The Bertz CT molecular complexity index is 589. The summed E-state index contributed by atoms with van der Waals surface area (Å²) in [7, 11) is 0. The van der Waals surface area contributed by atoms with Gasteiger partial charge < -0.3 is 4.90 Å². The van der Waals surface area contributed by atoms with Crippen molar-refractivity contribution in [3.63, 3.8) is 0 Å². The Balaban J connectivity index is 2.17. The van der Waals surface area contributed by atoms with E-state index in [0.717, 1.165) is 42.3 Å². The van der Waals surface area contributed by atoms with Crippen LogP contribution < -0.4 is 4.90 Å². The van der Waals surface area contributed by atoms with Crippen LogP contribution in [0.15, 0.2) is 23.1 Å². The molecule has 2 rings (SSSR count). The molecule has 0 atom stereocenters. The zero-order valence-electron chi connectivity index (χ0n) is 12.8. The first kappa shape index (κ1) is 15.7. The average molecular weight is 300 g/mol. The van der Waals surface area contributed by atoms with Gasteiger partial charge in [-0.2, -0.15) is 10.5 Å². The van der Waals surface area contributed by atoms with Gasteiger partial charge in [-0.1, -0.05) is 6.07 Å². The molecule has 0 radical (unpaired) electrons. The van der Waals surface area contributed by atoms with Crippen LogP contribution in [-0.4, -0.2) is 42.9 Å². The Hall–Kier alpha value is -1.69. The molecule has 0 aromatic heterocycles. The Morgan fingerprint density at radius 3 is 2.33 bits per heavy atom. The summed E-state index contributed by atoms with van der Waals surface area (Å²) in [5.74, 6) is 0. The van der Waals surface area contributed by atoms with E-state index in [1.54, 1.807) is 11.8 Å². The first-order chi connectivity index (χ1) is 10.0. The summed E-state index contributed by atoms with van der Waals surface area (Å²) >= 11 is 1.60. The second kappa shape index (κ2) is 6.39. The van der Waals surface area contributed by atoms with Crippen molar-refractivity contribution in [1.29, 1.82) is 10.5 Å². The highest BCUT2D eigenvalue weighted by Crippen LogP contribution is 2.30. The summed E-state index contributed by atoms with van der Waals surface area (Å²) in [6.07, 6.45) is 1.99. The van der Waals surface area contributed by atoms with E-state index in [-0.39, 0.29) is 0 Å². The van der Waals surface area contributed by atoms with E-state index < -0.39 is 5.54 Å². The Labute approximate surface area is 131 Å². The second-order valence-electron chi connectivity index (χ2n) is 5.61. The van der Waals surface area contributed by atoms with Crippen molar-refractivity contribution in [2.24, 2.45) is 0 Å². The number of thioether (sulfide) groups is 1. The molecular weight excluding hydrogens is 280 g/mol. The minimum absolute atomic E-state index is 0.425. The van der Waals surface area contributed by atoms with Crippen LogP contribution in [0.5, 0.6) is 0 Å². The molecule has 5 heteroatoms. The maximum absolute atomic E-state index is 9.44. The lowest BCUT2D eigenvalue weighted by Gasteiger charge is -2.41. The molecule has 1 saturated heterocycles. The molecule has 0 bridgehead atoms. The van der Waals surface area contributed by atoms with E-state index >= 15 is 0 Å². The molecule has 0 saturated carbocycles. The monoisotopic (exact) mass is 300 g/mol. The van der Waals surface area contributed by atoms with Gasteiger partial charge >= 0.3 is 0 Å². The summed E-state index contributed by atoms with van der Waals surface area (Å²) in [4.78, 5) is 5.48. The highest BCUT2D eigenvalue weighted by molar-refractivity contribution is 7.98. The van der Waals surface area contributed by atoms with Crippen LogP contribution in [0.3, 0.4) is 0 Å². The third-order valence-corrected chi connectivity index (χ3v) is 4.80. The van der Waals surface area contributed by atoms with Gasteiger partial charge in [0.1, 0.15) is 11.6 Å². The minimum Gasteiger partial charge on any atom is -0.368 e. The lowest BCUT2D eigenvalue weighted by molar-refractivity contribution is 0.158. The number of hydrogen-bond donors (Lipinski definition) is 0. The largest absolute Gasteiger partial charge is 0.368 e. The SMILES string of the molecule is CSc1cccc(N2CCN(C(C)(C)C#N)CC2)c1C#N. The van der Waals surface area contributed by atoms with E-state index in [0.29, 0.717) is 0 Å². The van der Waals surface area contributed by atoms with Crippen LogP contribution in [0.1, 0.15) is 19.4 Å². The molecule has 0 N–H and O–H groups in total. The van der Waals surface area contributed by atoms with Crippen molar-refractivity contribution < 1.29 is 0 Å². The van der Waals surface area contributed by atoms with Gasteiger partial charge in [-0.3, -0.25) is 4.90 Å². The van der Waals surface area contributed by atoms with E-state index in [2.05, 4.69) is 21.9 Å². The van der Waals surface area contributed by atoms with Gasteiger partial charge in [0.25, 0.3) is 0 Å². The fourth-order valence-electron chi connectivity index (χ4n) is 2.64. The smallest absolute Gasteiger partial charge is 0.103 e. The average Bonchev–Trinajstić information content (AvgIpc) is 2.54. The molecule has 1 aliphatic heterocycles. The Kier molecular flexibility index (Phi) is 4.77. The molecule has 0 amide bonds. The molecular formula is C16H20N4S. The Morgan fingerprint density at radius 1 is 1.14 bits per heavy atom. The van der Waals surface area contributed by atoms with E-state index in [4.69, 9.17) is 0 Å². The quantitative estimate of drug-likeness (QED) is 0.803. The summed E-state index contributed by atoms with van der Waals surface area (Å²) in [5.41, 5.74) is 1.35. The first-order valence-corrected chi connectivity index (χ1v) is 8.24. The van der Waals surface area contributed by atoms with E-state index in [1.807, 2.05) is 38.3 Å². The molecule has 21 heavy (non-hydrogen) atoms. The minimum atomic E-state index is -0.425. The second-order valence-corrected chi connectivity index (χ2v) is 6.46. The van der Waals surface area contributed by atoms with Crippen LogP contribution in [0.4, 0.5) is 5.69 Å². The van der Waals surface area contributed by atoms with Gasteiger partial charge in [0, 0.05) is 31.1 Å². The third kappa shape index (κ3) is 3.15. The molecule has 1 heterocycles.